The lowest BCUT2D eigenvalue weighted by atomic mass is 13.9. The summed E-state index contributed by atoms with van der Waals surface area (Å²) in [5.74, 6) is 0. The van der Waals surface area contributed by atoms with Crippen LogP contribution in [0.4, 0.5) is 0 Å². The molecule has 0 radical (unpaired) electrons. The van der Waals surface area contributed by atoms with Crippen molar-refractivity contribution in [1.29, 1.82) is 0 Å². The van der Waals surface area contributed by atoms with Crippen molar-refractivity contribution in [1.82, 2.24) is 0 Å². The molecular weight excluding hydrogens is 140 g/mol. The van der Waals surface area contributed by atoms with Gasteiger partial charge in [-0.05, 0) is 0 Å². The minimum Gasteiger partial charge on any atom is -0.220 e. The molecule has 6 heavy (non-hydrogen) atoms. The van der Waals surface area contributed by atoms with Gasteiger partial charge >= 0.3 is 0 Å². The number of hydrogen-bond acceptors (Lipinski definition) is 3. The summed E-state index contributed by atoms with van der Waals surface area (Å²) in [7, 11) is -0.0941. The second-order valence-electron chi connectivity index (χ2n) is 0.522. The molecule has 3 nitrogen and oxygen atoms in total. The minimum atomic E-state index is -1.08. The van der Waals surface area contributed by atoms with Gasteiger partial charge in [0.25, 0.3) is 0 Å². The number of rotatable bonds is 0. The van der Waals surface area contributed by atoms with Crippen LogP contribution in [0.15, 0.2) is 7.54 Å². The van der Waals surface area contributed by atoms with E-state index in [-0.39, 0.29) is 0 Å². The maximum atomic E-state index is 10.0. The van der Waals surface area contributed by atoms with E-state index < -0.39 is 10.0 Å². The molecule has 0 aromatic rings. The Balaban J connectivity index is 2.79. The van der Waals surface area contributed by atoms with Gasteiger partial charge in [0.15, 0.2) is 0 Å². The summed E-state index contributed by atoms with van der Waals surface area (Å²) in [4.78, 5) is 0. The molecule has 0 aliphatic carbocycles. The first-order valence-corrected chi connectivity index (χ1v) is 4.19. The van der Waals surface area contributed by atoms with Crippen LogP contribution in [0.2, 0.25) is 0 Å². The third-order valence-electron chi connectivity index (χ3n) is 0.222. The Bertz CT molecular complexity index is 132. The van der Waals surface area contributed by atoms with Crippen LogP contribution in [0.3, 0.4) is 0 Å². The largest absolute Gasteiger partial charge is 0.237 e. The van der Waals surface area contributed by atoms with Crippen molar-refractivity contribution in [2.24, 2.45) is 7.54 Å². The molecule has 0 aromatic heterocycles. The topological polar surface area (TPSA) is 41.8 Å². The fraction of sp³-hybridized carbons (Fsp3) is 0. The molecule has 1 aliphatic rings. The Kier molecular flexibility index (Phi) is 1.38. The molecule has 6 heteroatoms. The van der Waals surface area contributed by atoms with Gasteiger partial charge in [-0.2, -0.15) is 0 Å². The molecule has 1 heterocycles. The van der Waals surface area contributed by atoms with Gasteiger partial charge in [-0.3, -0.25) is 0 Å². The first-order chi connectivity index (χ1) is 2.89. The Morgan fingerprint density at radius 2 is 2.50 bits per heavy atom. The Hall–Kier alpha value is 0.320. The zero-order valence-corrected chi connectivity index (χ0v) is 4.98. The van der Waals surface area contributed by atoms with E-state index in [0.29, 0.717) is 0 Å². The van der Waals surface area contributed by atoms with Gasteiger partial charge in [-0.15, -0.1) is 3.77 Å². The van der Waals surface area contributed by atoms with E-state index in [2.05, 4.69) is 7.54 Å². The van der Waals surface area contributed by atoms with Crippen LogP contribution in [-0.4, -0.2) is 4.21 Å². The third kappa shape index (κ3) is 0.889. The molecule has 34 valence electrons. The van der Waals surface area contributed by atoms with E-state index in [4.69, 9.17) is 0 Å². The van der Waals surface area contributed by atoms with Crippen molar-refractivity contribution in [2.75, 3.05) is 0 Å². The SMILES string of the molecule is O=S1N=S=NS1. The van der Waals surface area contributed by atoms with Crippen molar-refractivity contribution in [3.8, 4) is 0 Å². The van der Waals surface area contributed by atoms with Crippen LogP contribution in [0.25, 0.3) is 0 Å². The maximum absolute atomic E-state index is 10.0. The summed E-state index contributed by atoms with van der Waals surface area (Å²) in [6.45, 7) is 0. The normalized spacial score (nSPS) is 30.3. The lowest BCUT2D eigenvalue weighted by molar-refractivity contribution is 0.693. The smallest absolute Gasteiger partial charge is 0.220 e. The summed E-state index contributed by atoms with van der Waals surface area (Å²) in [6.07, 6.45) is 0. The van der Waals surface area contributed by atoms with Gasteiger partial charge < -0.3 is 0 Å². The van der Waals surface area contributed by atoms with Crippen molar-refractivity contribution < 1.29 is 4.21 Å². The fourth-order valence-electron chi connectivity index (χ4n) is 0.0941. The molecule has 1 rings (SSSR count). The Morgan fingerprint density at radius 3 is 2.67 bits per heavy atom. The van der Waals surface area contributed by atoms with Crippen LogP contribution in [0.1, 0.15) is 0 Å². The van der Waals surface area contributed by atoms with Crippen molar-refractivity contribution in [3.05, 3.63) is 0 Å². The first kappa shape index (κ1) is 4.48. The fourth-order valence-corrected chi connectivity index (χ4v) is 2.30. The maximum Gasteiger partial charge on any atom is 0.237 e. The van der Waals surface area contributed by atoms with Crippen molar-refractivity contribution in [3.63, 3.8) is 0 Å². The van der Waals surface area contributed by atoms with E-state index in [1.54, 1.807) is 0 Å². The highest BCUT2D eigenvalue weighted by molar-refractivity contribution is 8.70. The molecule has 0 fully saturated rings. The van der Waals surface area contributed by atoms with Crippen LogP contribution in [0.5, 0.6) is 0 Å². The van der Waals surface area contributed by atoms with E-state index in [0.717, 1.165) is 22.3 Å². The van der Waals surface area contributed by atoms with Gasteiger partial charge in [-0.1, -0.05) is 3.77 Å². The molecule has 0 bridgehead atoms. The molecule has 0 amide bonds. The first-order valence-electron chi connectivity index (χ1n) is 1.06. The lowest BCUT2D eigenvalue weighted by Crippen LogP contribution is -1.59. The highest BCUT2D eigenvalue weighted by atomic mass is 33.1. The van der Waals surface area contributed by atoms with Crippen LogP contribution >= 0.6 is 11.0 Å². The summed E-state index contributed by atoms with van der Waals surface area (Å²) in [5.41, 5.74) is 0. The zero-order chi connectivity index (χ0) is 4.41. The van der Waals surface area contributed by atoms with Crippen molar-refractivity contribution >= 4 is 32.4 Å². The highest BCUT2D eigenvalue weighted by Gasteiger charge is 1.96. The van der Waals surface area contributed by atoms with Gasteiger partial charge in [0, 0.05) is 0 Å². The summed E-state index contributed by atoms with van der Waals surface area (Å²) >= 11 is 0.995. The molecular formula is N2OS3. The van der Waals surface area contributed by atoms with Gasteiger partial charge in [-0.25, -0.2) is 4.21 Å². The molecule has 1 atom stereocenters. The van der Waals surface area contributed by atoms with E-state index in [1.807, 2.05) is 0 Å². The highest BCUT2D eigenvalue weighted by Crippen LogP contribution is 2.13. The second kappa shape index (κ2) is 1.85. The Morgan fingerprint density at radius 1 is 1.67 bits per heavy atom. The predicted octanol–water partition coefficient (Wildman–Crippen LogP) is 0.677. The Labute approximate surface area is 44.5 Å². The summed E-state index contributed by atoms with van der Waals surface area (Å²) < 4.78 is 17.0. The molecule has 0 spiro atoms. The van der Waals surface area contributed by atoms with Gasteiger partial charge in [0.05, 0.1) is 11.4 Å². The second-order valence-corrected chi connectivity index (χ2v) is 3.76. The van der Waals surface area contributed by atoms with Gasteiger partial charge in [0.2, 0.25) is 10.0 Å². The zero-order valence-electron chi connectivity index (χ0n) is 2.53. The average molecular weight is 140 g/mol. The standard InChI is InChI=1S/N2OS3/c3-6-2-4-1-5-6. The molecule has 0 saturated carbocycles. The monoisotopic (exact) mass is 140 g/mol. The predicted molar refractivity (Wildman–Crippen MR) is 28.0 cm³/mol. The van der Waals surface area contributed by atoms with Crippen LogP contribution in [-0.2, 0) is 21.4 Å². The van der Waals surface area contributed by atoms with E-state index >= 15 is 0 Å². The number of hydrogen-bond donors (Lipinski definition) is 0. The van der Waals surface area contributed by atoms with E-state index in [9.17, 15) is 4.21 Å². The molecule has 0 saturated heterocycles. The molecule has 1 unspecified atom stereocenters. The minimum absolute atomic E-state index is 0.991. The number of nitrogens with zero attached hydrogens (tertiary/aromatic N) is 2. The lowest BCUT2D eigenvalue weighted by Gasteiger charge is -1.65. The van der Waals surface area contributed by atoms with E-state index in [1.165, 1.54) is 0 Å². The molecule has 0 aromatic carbocycles. The van der Waals surface area contributed by atoms with Crippen LogP contribution < -0.4 is 0 Å². The summed E-state index contributed by atoms with van der Waals surface area (Å²) in [6, 6.07) is 0. The third-order valence-corrected chi connectivity index (χ3v) is 3.09. The average Bonchev–Trinajstić information content (AvgIpc) is 1.86. The van der Waals surface area contributed by atoms with Gasteiger partial charge in [0.1, 0.15) is 11.0 Å². The molecule has 1 aliphatic heterocycles. The quantitative estimate of drug-likeness (QED) is 0.366. The summed E-state index contributed by atoms with van der Waals surface area (Å²) in [5, 5.41) is 0. The van der Waals surface area contributed by atoms with Crippen LogP contribution in [0, 0.1) is 0 Å². The molecule has 0 N–H and O–H groups in total. The van der Waals surface area contributed by atoms with Crippen molar-refractivity contribution in [2.45, 2.75) is 0 Å².